The molecule has 188 valence electrons. The van der Waals surface area contributed by atoms with E-state index in [9.17, 15) is 24.0 Å². The number of nitrogens with one attached hydrogen (secondary N) is 1. The van der Waals surface area contributed by atoms with Crippen molar-refractivity contribution in [2.75, 3.05) is 6.54 Å². The first-order valence-corrected chi connectivity index (χ1v) is 11.1. The molecule has 2 rings (SSSR count). The summed E-state index contributed by atoms with van der Waals surface area (Å²) >= 11 is 0. The second-order valence-electron chi connectivity index (χ2n) is 7.95. The summed E-state index contributed by atoms with van der Waals surface area (Å²) in [7, 11) is 0. The minimum Gasteiger partial charge on any atom is -0.425 e. The number of carbonyl (C=O) groups is 5. The number of hydrogen-bond donors (Lipinski definition) is 1. The maximum atomic E-state index is 12.1. The smallest absolute Gasteiger partial charge is 0.425 e. The number of ether oxygens (including phenoxy) is 2. The Morgan fingerprint density at radius 3 is 2.31 bits per heavy atom. The molecule has 1 saturated heterocycles. The Hall–Kier alpha value is -4.12. The molecule has 1 atom stereocenters. The number of amides is 3. The number of esters is 1. The zero-order chi connectivity index (χ0) is 25.8. The van der Waals surface area contributed by atoms with Crippen molar-refractivity contribution >= 4 is 35.5 Å². The molecule has 0 aromatic heterocycles. The number of azide groups is 1. The van der Waals surface area contributed by atoms with Gasteiger partial charge in [0.15, 0.2) is 0 Å². The summed E-state index contributed by atoms with van der Waals surface area (Å²) in [5.74, 6) is -2.55. The van der Waals surface area contributed by atoms with Gasteiger partial charge in [-0.05, 0) is 30.5 Å². The molecule has 1 aromatic rings. The molecule has 0 bridgehead atoms. The van der Waals surface area contributed by atoms with Gasteiger partial charge < -0.3 is 14.8 Å². The number of imide groups is 1. The van der Waals surface area contributed by atoms with Crippen molar-refractivity contribution in [1.29, 1.82) is 0 Å². The maximum absolute atomic E-state index is 12.1. The van der Waals surface area contributed by atoms with Crippen LogP contribution in [0.3, 0.4) is 0 Å². The first-order valence-electron chi connectivity index (χ1n) is 11.1. The Morgan fingerprint density at radius 1 is 1.06 bits per heavy atom. The number of benzene rings is 1. The van der Waals surface area contributed by atoms with Gasteiger partial charge in [-0.15, -0.1) is 0 Å². The average Bonchev–Trinajstić information content (AvgIpc) is 3.13. The van der Waals surface area contributed by atoms with E-state index in [0.29, 0.717) is 42.1 Å². The van der Waals surface area contributed by atoms with Gasteiger partial charge in [0.2, 0.25) is 0 Å². The van der Waals surface area contributed by atoms with Crippen LogP contribution in [0.25, 0.3) is 10.4 Å². The predicted octanol–water partition coefficient (Wildman–Crippen LogP) is 3.66. The molecular formula is C22H27N5O8. The molecule has 1 fully saturated rings. The van der Waals surface area contributed by atoms with Gasteiger partial charge in [-0.2, -0.15) is 0 Å². The summed E-state index contributed by atoms with van der Waals surface area (Å²) < 4.78 is 10.1. The van der Waals surface area contributed by atoms with E-state index in [2.05, 4.69) is 20.2 Å². The van der Waals surface area contributed by atoms with E-state index in [1.54, 1.807) is 38.1 Å². The summed E-state index contributed by atoms with van der Waals surface area (Å²) in [6.07, 6.45) is -0.838. The zero-order valence-corrected chi connectivity index (χ0v) is 19.5. The van der Waals surface area contributed by atoms with Crippen LogP contribution in [-0.4, -0.2) is 47.7 Å². The predicted molar refractivity (Wildman–Crippen MR) is 119 cm³/mol. The largest absolute Gasteiger partial charge is 0.537 e. The topological polar surface area (TPSA) is 177 Å². The summed E-state index contributed by atoms with van der Waals surface area (Å²) in [5.41, 5.74) is 9.23. The van der Waals surface area contributed by atoms with Gasteiger partial charge in [0, 0.05) is 47.9 Å². The van der Waals surface area contributed by atoms with Crippen LogP contribution in [-0.2, 0) is 28.7 Å². The number of hydroxylamine groups is 2. The molecule has 0 radical (unpaired) electrons. The van der Waals surface area contributed by atoms with Crippen molar-refractivity contribution in [3.63, 3.8) is 0 Å². The molecule has 0 saturated carbocycles. The second-order valence-corrected chi connectivity index (χ2v) is 7.95. The minimum atomic E-state index is -1.32. The molecular weight excluding hydrogens is 462 g/mol. The first-order chi connectivity index (χ1) is 16.7. The lowest BCUT2D eigenvalue weighted by atomic mass is 10.1. The SMILES string of the molecule is CC(C)C(OC(=O)CCCCCNC(=O)c1ccc(N=[N+]=[N-])cc1)OC(=O)ON1C(=O)CCC1=O. The molecule has 1 heterocycles. The van der Waals surface area contributed by atoms with Crippen LogP contribution < -0.4 is 5.32 Å². The first kappa shape index (κ1) is 27.1. The van der Waals surface area contributed by atoms with E-state index in [0.717, 1.165) is 0 Å². The minimum absolute atomic E-state index is 0.0512. The van der Waals surface area contributed by atoms with Gasteiger partial charge in [-0.1, -0.05) is 42.6 Å². The lowest BCUT2D eigenvalue weighted by molar-refractivity contribution is -0.199. The highest BCUT2D eigenvalue weighted by molar-refractivity contribution is 6.01. The molecule has 35 heavy (non-hydrogen) atoms. The van der Waals surface area contributed by atoms with Crippen LogP contribution in [0.1, 0.15) is 62.7 Å². The van der Waals surface area contributed by atoms with Crippen LogP contribution in [0.5, 0.6) is 0 Å². The Kier molecular flexibility index (Phi) is 10.5. The van der Waals surface area contributed by atoms with E-state index in [-0.39, 0.29) is 25.2 Å². The standard InChI is InChI=1S/C22H27N5O8/c1-14(2)21(34-22(32)35-27-17(28)11-12-18(27)29)33-19(30)6-4-3-5-13-24-20(31)15-7-9-16(10-8-15)25-26-23/h7-10,14,21H,3-6,11-13H2,1-2H3,(H,24,31). The highest BCUT2D eigenvalue weighted by atomic mass is 16.9. The van der Waals surface area contributed by atoms with Crippen molar-refractivity contribution in [3.8, 4) is 0 Å². The van der Waals surface area contributed by atoms with Crippen LogP contribution >= 0.6 is 0 Å². The number of unbranched alkanes of at least 4 members (excludes halogenated alkanes) is 2. The summed E-state index contributed by atoms with van der Waals surface area (Å²) in [6.45, 7) is 3.72. The molecule has 3 amide bonds. The van der Waals surface area contributed by atoms with Gasteiger partial charge in [-0.3, -0.25) is 24.0 Å². The Labute approximate surface area is 201 Å². The fourth-order valence-electron chi connectivity index (χ4n) is 2.94. The van der Waals surface area contributed by atoms with Gasteiger partial charge in [-0.25, -0.2) is 4.79 Å². The molecule has 13 nitrogen and oxygen atoms in total. The van der Waals surface area contributed by atoms with Crippen LogP contribution in [0.15, 0.2) is 29.4 Å². The molecule has 1 aliphatic heterocycles. The molecule has 0 spiro atoms. The van der Waals surface area contributed by atoms with E-state index >= 15 is 0 Å². The summed E-state index contributed by atoms with van der Waals surface area (Å²) in [4.78, 5) is 66.4. The van der Waals surface area contributed by atoms with E-state index in [1.807, 2.05) is 0 Å². The van der Waals surface area contributed by atoms with Gasteiger partial charge >= 0.3 is 12.1 Å². The molecule has 13 heteroatoms. The third-order valence-electron chi connectivity index (χ3n) is 4.81. The molecule has 0 aliphatic carbocycles. The second kappa shape index (κ2) is 13.6. The third-order valence-corrected chi connectivity index (χ3v) is 4.81. The maximum Gasteiger partial charge on any atom is 0.537 e. The van der Waals surface area contributed by atoms with Gasteiger partial charge in [0.25, 0.3) is 24.0 Å². The van der Waals surface area contributed by atoms with Crippen molar-refractivity contribution in [3.05, 3.63) is 40.3 Å². The Bertz CT molecular complexity index is 972. The van der Waals surface area contributed by atoms with Gasteiger partial charge in [0.1, 0.15) is 0 Å². The van der Waals surface area contributed by atoms with Crippen molar-refractivity contribution in [1.82, 2.24) is 10.4 Å². The zero-order valence-electron chi connectivity index (χ0n) is 19.5. The highest BCUT2D eigenvalue weighted by Gasteiger charge is 2.34. The van der Waals surface area contributed by atoms with Gasteiger partial charge in [0.05, 0.1) is 0 Å². The van der Waals surface area contributed by atoms with Crippen LogP contribution in [0, 0.1) is 5.92 Å². The monoisotopic (exact) mass is 489 g/mol. The normalized spacial score (nSPS) is 13.7. The quantitative estimate of drug-likeness (QED) is 0.0879. The lowest BCUT2D eigenvalue weighted by Crippen LogP contribution is -2.36. The molecule has 1 N–H and O–H groups in total. The van der Waals surface area contributed by atoms with Crippen LogP contribution in [0.2, 0.25) is 0 Å². The Balaban J connectivity index is 1.64. The average molecular weight is 489 g/mol. The van der Waals surface area contributed by atoms with Crippen molar-refractivity contribution in [2.24, 2.45) is 11.0 Å². The van der Waals surface area contributed by atoms with E-state index in [4.69, 9.17) is 15.0 Å². The van der Waals surface area contributed by atoms with Crippen molar-refractivity contribution < 1.29 is 38.3 Å². The number of carbonyl (C=O) groups excluding carboxylic acids is 5. The molecule has 1 aromatic carbocycles. The van der Waals surface area contributed by atoms with Crippen LogP contribution in [0.4, 0.5) is 10.5 Å². The molecule has 1 unspecified atom stereocenters. The fourth-order valence-corrected chi connectivity index (χ4v) is 2.94. The lowest BCUT2D eigenvalue weighted by Gasteiger charge is -2.22. The third kappa shape index (κ3) is 8.97. The molecule has 1 aliphatic rings. The number of rotatable bonds is 12. The fraction of sp³-hybridized carbons (Fsp3) is 0.500. The summed E-state index contributed by atoms with van der Waals surface area (Å²) in [6, 6.07) is 6.19. The highest BCUT2D eigenvalue weighted by Crippen LogP contribution is 2.16. The number of nitrogens with zero attached hydrogens (tertiary/aromatic N) is 4. The van der Waals surface area contributed by atoms with E-state index in [1.165, 1.54) is 0 Å². The number of hydrogen-bond acceptors (Lipinski definition) is 9. The van der Waals surface area contributed by atoms with E-state index < -0.39 is 36.1 Å². The Morgan fingerprint density at radius 2 is 1.71 bits per heavy atom. The summed E-state index contributed by atoms with van der Waals surface area (Å²) in [5, 5.41) is 6.55. The van der Waals surface area contributed by atoms with Crippen molar-refractivity contribution in [2.45, 2.75) is 58.7 Å².